The van der Waals surface area contributed by atoms with Gasteiger partial charge in [-0.1, -0.05) is 17.7 Å². The third-order valence-corrected chi connectivity index (χ3v) is 2.61. The van der Waals surface area contributed by atoms with Gasteiger partial charge in [-0.05, 0) is 25.8 Å². The number of aliphatic imine (C=N–C) groups is 1. The molecule has 0 saturated carbocycles. The number of aryl methyl sites for hydroxylation is 1. The summed E-state index contributed by atoms with van der Waals surface area (Å²) in [5, 5.41) is 2.80. The summed E-state index contributed by atoms with van der Waals surface area (Å²) < 4.78 is 10.6. The van der Waals surface area contributed by atoms with Gasteiger partial charge in [-0.2, -0.15) is 0 Å². The van der Waals surface area contributed by atoms with Crippen molar-refractivity contribution in [2.75, 3.05) is 39.5 Å². The molecular formula is C15H22N2O3. The molecular weight excluding hydrogens is 256 g/mol. The smallest absolute Gasteiger partial charge is 0.251 e. The molecule has 1 aromatic carbocycles. The van der Waals surface area contributed by atoms with Gasteiger partial charge in [0, 0.05) is 12.1 Å². The molecule has 20 heavy (non-hydrogen) atoms. The van der Waals surface area contributed by atoms with Crippen molar-refractivity contribution in [2.24, 2.45) is 4.99 Å². The van der Waals surface area contributed by atoms with Crippen LogP contribution >= 0.6 is 0 Å². The normalized spacial score (nSPS) is 10.2. The van der Waals surface area contributed by atoms with E-state index in [1.54, 1.807) is 0 Å². The Labute approximate surface area is 120 Å². The predicted molar refractivity (Wildman–Crippen MR) is 79.6 cm³/mol. The first-order valence-electron chi connectivity index (χ1n) is 6.67. The summed E-state index contributed by atoms with van der Waals surface area (Å²) in [6, 6.07) is 7.46. The van der Waals surface area contributed by atoms with Gasteiger partial charge < -0.3 is 14.8 Å². The molecule has 0 saturated heterocycles. The van der Waals surface area contributed by atoms with E-state index in [4.69, 9.17) is 9.47 Å². The summed E-state index contributed by atoms with van der Waals surface area (Å²) in [4.78, 5) is 15.4. The first-order valence-corrected chi connectivity index (χ1v) is 6.67. The van der Waals surface area contributed by atoms with Crippen molar-refractivity contribution in [3.05, 3.63) is 35.4 Å². The molecule has 0 aromatic heterocycles. The van der Waals surface area contributed by atoms with Gasteiger partial charge in [0.15, 0.2) is 0 Å². The van der Waals surface area contributed by atoms with Gasteiger partial charge in [0.2, 0.25) is 0 Å². The lowest BCUT2D eigenvalue weighted by Crippen LogP contribution is -2.27. The van der Waals surface area contributed by atoms with Crippen LogP contribution in [0.2, 0.25) is 0 Å². The molecule has 0 fully saturated rings. The standard InChI is InChI=1S/C15H22N2O3/c1-13-3-5-14(6-4-13)15(18)17-8-10-20-12-11-19-9-7-16-2/h3-6H,2,7-12H2,1H3,(H,17,18). The van der Waals surface area contributed by atoms with Crippen LogP contribution in [-0.2, 0) is 9.47 Å². The van der Waals surface area contributed by atoms with E-state index in [9.17, 15) is 4.79 Å². The Morgan fingerprint density at radius 1 is 1.15 bits per heavy atom. The summed E-state index contributed by atoms with van der Waals surface area (Å²) in [6.07, 6.45) is 0. The van der Waals surface area contributed by atoms with Crippen molar-refractivity contribution in [3.63, 3.8) is 0 Å². The lowest BCUT2D eigenvalue weighted by atomic mass is 10.1. The fourth-order valence-electron chi connectivity index (χ4n) is 1.49. The highest BCUT2D eigenvalue weighted by atomic mass is 16.5. The largest absolute Gasteiger partial charge is 0.377 e. The third-order valence-electron chi connectivity index (χ3n) is 2.61. The maximum absolute atomic E-state index is 11.8. The van der Waals surface area contributed by atoms with Gasteiger partial charge in [-0.3, -0.25) is 9.79 Å². The summed E-state index contributed by atoms with van der Waals surface area (Å²) in [5.74, 6) is -0.0816. The van der Waals surface area contributed by atoms with E-state index in [1.165, 1.54) is 0 Å². The van der Waals surface area contributed by atoms with Crippen LogP contribution in [0.1, 0.15) is 15.9 Å². The average Bonchev–Trinajstić information content (AvgIpc) is 2.46. The Hall–Kier alpha value is -1.72. The van der Waals surface area contributed by atoms with Crippen LogP contribution in [0.25, 0.3) is 0 Å². The number of hydrogen-bond donors (Lipinski definition) is 1. The monoisotopic (exact) mass is 278 g/mol. The minimum absolute atomic E-state index is 0.0816. The number of carbonyl (C=O) groups excluding carboxylic acids is 1. The highest BCUT2D eigenvalue weighted by Gasteiger charge is 2.03. The fraction of sp³-hybridized carbons (Fsp3) is 0.467. The first-order chi connectivity index (χ1) is 9.74. The number of nitrogens with zero attached hydrogens (tertiary/aromatic N) is 1. The highest BCUT2D eigenvalue weighted by Crippen LogP contribution is 2.02. The number of nitrogens with one attached hydrogen (secondary N) is 1. The summed E-state index contributed by atoms with van der Waals surface area (Å²) in [6.45, 7) is 8.52. The Kier molecular flexibility index (Phi) is 8.26. The fourth-order valence-corrected chi connectivity index (χ4v) is 1.49. The van der Waals surface area contributed by atoms with Crippen LogP contribution < -0.4 is 5.32 Å². The second kappa shape index (κ2) is 10.1. The van der Waals surface area contributed by atoms with E-state index in [0.717, 1.165) is 5.56 Å². The molecule has 1 amide bonds. The van der Waals surface area contributed by atoms with E-state index in [-0.39, 0.29) is 5.91 Å². The topological polar surface area (TPSA) is 59.9 Å². The molecule has 0 radical (unpaired) electrons. The second-order valence-electron chi connectivity index (χ2n) is 4.29. The number of rotatable bonds is 10. The Morgan fingerprint density at radius 3 is 2.45 bits per heavy atom. The number of amides is 1. The van der Waals surface area contributed by atoms with Gasteiger partial charge in [0.1, 0.15) is 0 Å². The van der Waals surface area contributed by atoms with Gasteiger partial charge >= 0.3 is 0 Å². The molecule has 1 rings (SSSR count). The van der Waals surface area contributed by atoms with E-state index in [2.05, 4.69) is 17.0 Å². The zero-order valence-corrected chi connectivity index (χ0v) is 11.9. The number of hydrogen-bond acceptors (Lipinski definition) is 4. The summed E-state index contributed by atoms with van der Waals surface area (Å²) in [5.41, 5.74) is 1.80. The van der Waals surface area contributed by atoms with Gasteiger partial charge in [-0.25, -0.2) is 0 Å². The molecule has 0 aliphatic heterocycles. The van der Waals surface area contributed by atoms with Crippen LogP contribution in [0.4, 0.5) is 0 Å². The summed E-state index contributed by atoms with van der Waals surface area (Å²) in [7, 11) is 0. The molecule has 0 bridgehead atoms. The minimum Gasteiger partial charge on any atom is -0.377 e. The molecule has 0 atom stereocenters. The van der Waals surface area contributed by atoms with Crippen molar-refractivity contribution in [2.45, 2.75) is 6.92 Å². The molecule has 1 aromatic rings. The van der Waals surface area contributed by atoms with Crippen molar-refractivity contribution in [3.8, 4) is 0 Å². The number of benzene rings is 1. The van der Waals surface area contributed by atoms with Gasteiger partial charge in [0.05, 0.1) is 33.0 Å². The molecule has 0 aliphatic carbocycles. The molecule has 0 unspecified atom stereocenters. The van der Waals surface area contributed by atoms with Crippen LogP contribution in [0, 0.1) is 6.92 Å². The second-order valence-corrected chi connectivity index (χ2v) is 4.29. The maximum atomic E-state index is 11.8. The highest BCUT2D eigenvalue weighted by molar-refractivity contribution is 5.94. The van der Waals surface area contributed by atoms with Crippen molar-refractivity contribution in [1.82, 2.24) is 5.32 Å². The molecule has 0 aliphatic rings. The van der Waals surface area contributed by atoms with Crippen LogP contribution in [0.5, 0.6) is 0 Å². The third kappa shape index (κ3) is 7.01. The van der Waals surface area contributed by atoms with Gasteiger partial charge in [-0.15, -0.1) is 0 Å². The average molecular weight is 278 g/mol. The van der Waals surface area contributed by atoms with Crippen LogP contribution in [0.15, 0.2) is 29.3 Å². The minimum atomic E-state index is -0.0816. The molecule has 0 spiro atoms. The van der Waals surface area contributed by atoms with Crippen LogP contribution in [0.3, 0.4) is 0 Å². The van der Waals surface area contributed by atoms with Crippen molar-refractivity contribution < 1.29 is 14.3 Å². The Balaban J connectivity index is 2.02. The number of carbonyl (C=O) groups is 1. The molecule has 5 nitrogen and oxygen atoms in total. The zero-order valence-electron chi connectivity index (χ0n) is 11.9. The van der Waals surface area contributed by atoms with E-state index in [0.29, 0.717) is 45.1 Å². The van der Waals surface area contributed by atoms with E-state index < -0.39 is 0 Å². The Morgan fingerprint density at radius 2 is 1.80 bits per heavy atom. The Bertz CT molecular complexity index is 404. The van der Waals surface area contributed by atoms with E-state index in [1.807, 2.05) is 31.2 Å². The van der Waals surface area contributed by atoms with Gasteiger partial charge in [0.25, 0.3) is 5.91 Å². The SMILES string of the molecule is C=NCCOCCOCCNC(=O)c1ccc(C)cc1. The first kappa shape index (κ1) is 16.3. The van der Waals surface area contributed by atoms with Crippen molar-refractivity contribution >= 4 is 12.6 Å². The lowest BCUT2D eigenvalue weighted by molar-refractivity contribution is 0.0512. The molecule has 1 N–H and O–H groups in total. The zero-order chi connectivity index (χ0) is 14.6. The van der Waals surface area contributed by atoms with E-state index >= 15 is 0 Å². The molecule has 0 heterocycles. The number of ether oxygens (including phenoxy) is 2. The van der Waals surface area contributed by atoms with Crippen molar-refractivity contribution in [1.29, 1.82) is 0 Å². The molecule has 110 valence electrons. The summed E-state index contributed by atoms with van der Waals surface area (Å²) >= 11 is 0. The maximum Gasteiger partial charge on any atom is 0.251 e. The quantitative estimate of drug-likeness (QED) is 0.520. The van der Waals surface area contributed by atoms with Crippen LogP contribution in [-0.4, -0.2) is 52.1 Å². The molecule has 5 heteroatoms. The predicted octanol–water partition coefficient (Wildman–Crippen LogP) is 1.46. The lowest BCUT2D eigenvalue weighted by Gasteiger charge is -2.07.